The van der Waals surface area contributed by atoms with Crippen LogP contribution >= 0.6 is 0 Å². The van der Waals surface area contributed by atoms with Crippen LogP contribution < -0.4 is 11.1 Å². The molecule has 2 atom stereocenters. The minimum absolute atomic E-state index is 0.0360. The fraction of sp³-hybridized carbons (Fsp3) is 0.857. The predicted octanol–water partition coefficient (Wildman–Crippen LogP) is 1.99. The zero-order chi connectivity index (χ0) is 13.9. The fourth-order valence-electron chi connectivity index (χ4n) is 3.27. The normalized spacial score (nSPS) is 29.8. The molecule has 2 rings (SSSR count). The first-order valence-electron chi connectivity index (χ1n) is 7.43. The van der Waals surface area contributed by atoms with Gasteiger partial charge in [-0.25, -0.2) is 0 Å². The Morgan fingerprint density at radius 3 is 2.68 bits per heavy atom. The molecule has 108 valence electrons. The van der Waals surface area contributed by atoms with Gasteiger partial charge in [-0.15, -0.1) is 0 Å². The highest BCUT2D eigenvalue weighted by Crippen LogP contribution is 2.40. The molecule has 0 bridgehead atoms. The summed E-state index contributed by atoms with van der Waals surface area (Å²) in [5.41, 5.74) is 5.04. The topological polar surface area (TPSA) is 87.7 Å². The molecule has 0 radical (unpaired) electrons. The van der Waals surface area contributed by atoms with Crippen LogP contribution in [0.1, 0.15) is 58.3 Å². The van der Waals surface area contributed by atoms with Crippen molar-refractivity contribution in [2.75, 3.05) is 0 Å². The standard InChI is InChI=1S/C14H25N3O2/c1-2-6-10-9-11(10)16-13(18)14(12(15)17-19)7-4-3-5-8-14/h10-11,19H,2-9H2,1H3,(H2,15,17)(H,16,18). The molecular weight excluding hydrogens is 242 g/mol. The summed E-state index contributed by atoms with van der Waals surface area (Å²) < 4.78 is 0. The maximum Gasteiger partial charge on any atom is 0.234 e. The van der Waals surface area contributed by atoms with Crippen molar-refractivity contribution in [3.05, 3.63) is 0 Å². The van der Waals surface area contributed by atoms with Crippen LogP contribution in [-0.4, -0.2) is 23.0 Å². The van der Waals surface area contributed by atoms with E-state index in [4.69, 9.17) is 10.9 Å². The van der Waals surface area contributed by atoms with E-state index in [1.54, 1.807) is 0 Å². The van der Waals surface area contributed by atoms with Gasteiger partial charge in [0, 0.05) is 6.04 Å². The van der Waals surface area contributed by atoms with Gasteiger partial charge in [0.05, 0.1) is 0 Å². The fourth-order valence-corrected chi connectivity index (χ4v) is 3.27. The molecule has 2 fully saturated rings. The average Bonchev–Trinajstić information content (AvgIpc) is 3.16. The molecule has 0 aromatic rings. The lowest BCUT2D eigenvalue weighted by atomic mass is 9.72. The minimum atomic E-state index is -0.771. The van der Waals surface area contributed by atoms with Gasteiger partial charge in [-0.1, -0.05) is 37.8 Å². The first kappa shape index (κ1) is 14.2. The first-order chi connectivity index (χ1) is 9.14. The number of amidine groups is 1. The van der Waals surface area contributed by atoms with Crippen molar-refractivity contribution in [1.82, 2.24) is 5.32 Å². The van der Waals surface area contributed by atoms with Crippen molar-refractivity contribution >= 4 is 11.7 Å². The molecule has 2 aliphatic carbocycles. The van der Waals surface area contributed by atoms with Gasteiger partial charge in [-0.2, -0.15) is 0 Å². The Morgan fingerprint density at radius 1 is 1.42 bits per heavy atom. The van der Waals surface area contributed by atoms with Crippen LogP contribution in [0.2, 0.25) is 0 Å². The number of oxime groups is 1. The van der Waals surface area contributed by atoms with Crippen LogP contribution in [-0.2, 0) is 4.79 Å². The van der Waals surface area contributed by atoms with Gasteiger partial charge in [0.1, 0.15) is 5.41 Å². The van der Waals surface area contributed by atoms with Crippen LogP contribution in [0, 0.1) is 11.3 Å². The van der Waals surface area contributed by atoms with E-state index in [1.807, 2.05) is 0 Å². The summed E-state index contributed by atoms with van der Waals surface area (Å²) in [6.45, 7) is 2.16. The number of nitrogens with two attached hydrogens (primary N) is 1. The smallest absolute Gasteiger partial charge is 0.234 e. The van der Waals surface area contributed by atoms with Crippen LogP contribution in [0.15, 0.2) is 5.16 Å². The molecule has 5 heteroatoms. The third-order valence-corrected chi connectivity index (χ3v) is 4.64. The Balaban J connectivity index is 2.01. The van der Waals surface area contributed by atoms with E-state index in [-0.39, 0.29) is 11.7 Å². The second-order valence-corrected chi connectivity index (χ2v) is 5.99. The van der Waals surface area contributed by atoms with Crippen molar-refractivity contribution in [2.45, 2.75) is 64.3 Å². The highest BCUT2D eigenvalue weighted by molar-refractivity contribution is 6.07. The number of hydrogen-bond acceptors (Lipinski definition) is 3. The van der Waals surface area contributed by atoms with Crippen molar-refractivity contribution in [2.24, 2.45) is 22.2 Å². The molecule has 0 heterocycles. The number of rotatable bonds is 5. The highest BCUT2D eigenvalue weighted by Gasteiger charge is 2.47. The third kappa shape index (κ3) is 2.85. The Labute approximate surface area is 114 Å². The lowest BCUT2D eigenvalue weighted by molar-refractivity contribution is -0.129. The summed E-state index contributed by atoms with van der Waals surface area (Å²) in [4.78, 5) is 12.5. The summed E-state index contributed by atoms with van der Waals surface area (Å²) in [7, 11) is 0. The summed E-state index contributed by atoms with van der Waals surface area (Å²) in [6.07, 6.45) is 7.84. The van der Waals surface area contributed by atoms with Crippen molar-refractivity contribution in [1.29, 1.82) is 0 Å². The quantitative estimate of drug-likeness (QED) is 0.308. The lowest BCUT2D eigenvalue weighted by Gasteiger charge is -2.34. The Hall–Kier alpha value is -1.26. The Morgan fingerprint density at radius 2 is 2.11 bits per heavy atom. The van der Waals surface area contributed by atoms with E-state index in [0.717, 1.165) is 32.1 Å². The van der Waals surface area contributed by atoms with Gasteiger partial charge in [0.15, 0.2) is 5.84 Å². The molecule has 5 nitrogen and oxygen atoms in total. The van der Waals surface area contributed by atoms with Crippen LogP contribution in [0.3, 0.4) is 0 Å². The number of nitrogens with zero attached hydrogens (tertiary/aromatic N) is 1. The molecule has 4 N–H and O–H groups in total. The van der Waals surface area contributed by atoms with Crippen molar-refractivity contribution in [3.63, 3.8) is 0 Å². The van der Waals surface area contributed by atoms with Crippen LogP contribution in [0.25, 0.3) is 0 Å². The minimum Gasteiger partial charge on any atom is -0.409 e. The van der Waals surface area contributed by atoms with Gasteiger partial charge in [-0.05, 0) is 31.6 Å². The summed E-state index contributed by atoms with van der Waals surface area (Å²) in [5, 5.41) is 15.2. The Bertz CT molecular complexity index is 362. The summed E-state index contributed by atoms with van der Waals surface area (Å²) in [5.74, 6) is 0.672. The SMILES string of the molecule is CCCC1CC1NC(=O)C1(C(N)=NO)CCCCC1. The summed E-state index contributed by atoms with van der Waals surface area (Å²) in [6, 6.07) is 0.303. The largest absolute Gasteiger partial charge is 0.409 e. The molecule has 0 aliphatic heterocycles. The van der Waals surface area contributed by atoms with Crippen LogP contribution in [0.5, 0.6) is 0 Å². The molecule has 2 saturated carbocycles. The van der Waals surface area contributed by atoms with Gasteiger partial charge in [0.25, 0.3) is 0 Å². The zero-order valence-electron chi connectivity index (χ0n) is 11.7. The lowest BCUT2D eigenvalue weighted by Crippen LogP contribution is -2.51. The molecule has 2 aliphatic rings. The molecule has 1 amide bonds. The van der Waals surface area contributed by atoms with Crippen LogP contribution in [0.4, 0.5) is 0 Å². The third-order valence-electron chi connectivity index (χ3n) is 4.64. The number of hydrogen-bond donors (Lipinski definition) is 3. The Kier molecular flexibility index (Phi) is 4.32. The number of carbonyl (C=O) groups excluding carboxylic acids is 1. The maximum atomic E-state index is 12.5. The van der Waals surface area contributed by atoms with E-state index in [9.17, 15) is 4.79 Å². The van der Waals surface area contributed by atoms with E-state index in [0.29, 0.717) is 24.8 Å². The van der Waals surface area contributed by atoms with Crippen molar-refractivity contribution < 1.29 is 10.0 Å². The molecule has 0 aromatic heterocycles. The highest BCUT2D eigenvalue weighted by atomic mass is 16.4. The molecule has 2 unspecified atom stereocenters. The average molecular weight is 267 g/mol. The monoisotopic (exact) mass is 267 g/mol. The predicted molar refractivity (Wildman–Crippen MR) is 73.9 cm³/mol. The van der Waals surface area contributed by atoms with E-state index >= 15 is 0 Å². The van der Waals surface area contributed by atoms with E-state index in [2.05, 4.69) is 17.4 Å². The first-order valence-corrected chi connectivity index (χ1v) is 7.43. The molecular formula is C14H25N3O2. The molecule has 19 heavy (non-hydrogen) atoms. The van der Waals surface area contributed by atoms with Gasteiger partial charge < -0.3 is 16.3 Å². The van der Waals surface area contributed by atoms with E-state index < -0.39 is 5.41 Å². The maximum absolute atomic E-state index is 12.5. The van der Waals surface area contributed by atoms with Gasteiger partial charge in [0.2, 0.25) is 5.91 Å². The van der Waals surface area contributed by atoms with E-state index in [1.165, 1.54) is 6.42 Å². The zero-order valence-corrected chi connectivity index (χ0v) is 11.7. The summed E-state index contributed by atoms with van der Waals surface area (Å²) >= 11 is 0. The van der Waals surface area contributed by atoms with Gasteiger partial charge in [-0.3, -0.25) is 4.79 Å². The molecule has 0 aromatic carbocycles. The second kappa shape index (κ2) is 5.80. The van der Waals surface area contributed by atoms with Gasteiger partial charge >= 0.3 is 0 Å². The second-order valence-electron chi connectivity index (χ2n) is 5.99. The number of carbonyl (C=O) groups is 1. The van der Waals surface area contributed by atoms with Crippen molar-refractivity contribution in [3.8, 4) is 0 Å². The number of amides is 1. The molecule has 0 spiro atoms. The molecule has 0 saturated heterocycles. The number of nitrogens with one attached hydrogen (secondary N) is 1.